The molecule has 1 aliphatic heterocycles. The van der Waals surface area contributed by atoms with Gasteiger partial charge < -0.3 is 15.2 Å². The Labute approximate surface area is 250 Å². The van der Waals surface area contributed by atoms with Gasteiger partial charge in [0.15, 0.2) is 15.6 Å². The maximum Gasteiger partial charge on any atom is 0.256 e. The summed E-state index contributed by atoms with van der Waals surface area (Å²) in [6.45, 7) is 7.10. The quantitative estimate of drug-likeness (QED) is 0.252. The molecule has 0 saturated carbocycles. The van der Waals surface area contributed by atoms with Crippen LogP contribution in [-0.2, 0) is 33.2 Å². The zero-order valence-electron chi connectivity index (χ0n) is 23.1. The van der Waals surface area contributed by atoms with Crippen LogP contribution in [0.25, 0.3) is 11.6 Å². The average molecular weight is 615 g/mol. The summed E-state index contributed by atoms with van der Waals surface area (Å²) in [4.78, 5) is 31.9. The average Bonchev–Trinajstić information content (AvgIpc) is 3.45. The van der Waals surface area contributed by atoms with Crippen molar-refractivity contribution in [3.63, 3.8) is 0 Å². The van der Waals surface area contributed by atoms with Crippen molar-refractivity contribution in [3.8, 4) is 0 Å². The SMILES string of the molecule is CCN(CC)CCCc1c(C=C2C(=O)Nc3ccc(S(=O)(=O)Cc4c(Cl)cccc4Cl)cc32)[nH]c2c1C(=O)CCC2. The topological polar surface area (TPSA) is 99.3 Å². The van der Waals surface area contributed by atoms with Crippen LogP contribution in [0.2, 0.25) is 10.0 Å². The second-order valence-corrected chi connectivity index (χ2v) is 13.3. The first kappa shape index (κ1) is 29.6. The van der Waals surface area contributed by atoms with E-state index in [1.807, 2.05) is 0 Å². The second-order valence-electron chi connectivity index (χ2n) is 10.5. The van der Waals surface area contributed by atoms with E-state index in [0.29, 0.717) is 35.2 Å². The molecule has 1 aromatic heterocycles. The first-order chi connectivity index (χ1) is 19.6. The van der Waals surface area contributed by atoms with E-state index in [9.17, 15) is 18.0 Å². The lowest BCUT2D eigenvalue weighted by molar-refractivity contribution is -0.110. The molecular weight excluding hydrogens is 581 g/mol. The Kier molecular flexibility index (Phi) is 8.76. The molecule has 1 amide bonds. The van der Waals surface area contributed by atoms with Crippen LogP contribution < -0.4 is 5.32 Å². The van der Waals surface area contributed by atoms with Gasteiger partial charge in [-0.25, -0.2) is 8.42 Å². The van der Waals surface area contributed by atoms with Gasteiger partial charge in [-0.15, -0.1) is 0 Å². The van der Waals surface area contributed by atoms with Gasteiger partial charge in [0, 0.05) is 50.2 Å². The lowest BCUT2D eigenvalue weighted by Gasteiger charge is -2.18. The molecule has 0 bridgehead atoms. The number of carbonyl (C=O) groups is 2. The summed E-state index contributed by atoms with van der Waals surface area (Å²) in [6.07, 6.45) is 5.44. The van der Waals surface area contributed by atoms with E-state index in [1.54, 1.807) is 30.3 Å². The van der Waals surface area contributed by atoms with Gasteiger partial charge in [-0.2, -0.15) is 0 Å². The van der Waals surface area contributed by atoms with Crippen molar-refractivity contribution in [2.75, 3.05) is 25.0 Å². The van der Waals surface area contributed by atoms with Crippen LogP contribution in [0.15, 0.2) is 41.3 Å². The number of amides is 1. The number of nitrogens with one attached hydrogen (secondary N) is 2. The van der Waals surface area contributed by atoms with Gasteiger partial charge in [-0.05, 0) is 87.3 Å². The molecule has 41 heavy (non-hydrogen) atoms. The largest absolute Gasteiger partial charge is 0.358 e. The molecule has 2 aromatic carbocycles. The molecule has 3 aromatic rings. The lowest BCUT2D eigenvalue weighted by Crippen LogP contribution is -2.24. The molecule has 216 valence electrons. The summed E-state index contributed by atoms with van der Waals surface area (Å²) >= 11 is 12.5. The summed E-state index contributed by atoms with van der Waals surface area (Å²) in [6, 6.07) is 9.47. The molecule has 5 rings (SSSR count). The number of ketones is 1. The van der Waals surface area contributed by atoms with Crippen LogP contribution in [0.5, 0.6) is 0 Å². The Hall–Kier alpha value is -2.91. The predicted octanol–water partition coefficient (Wildman–Crippen LogP) is 6.58. The number of hydrogen-bond acceptors (Lipinski definition) is 5. The number of rotatable bonds is 10. The summed E-state index contributed by atoms with van der Waals surface area (Å²) < 4.78 is 26.8. The monoisotopic (exact) mass is 613 g/mol. The first-order valence-electron chi connectivity index (χ1n) is 13.9. The van der Waals surface area contributed by atoms with Gasteiger partial charge in [0.05, 0.1) is 16.2 Å². The summed E-state index contributed by atoms with van der Waals surface area (Å²) in [5, 5.41) is 3.40. The minimum absolute atomic E-state index is 0.0649. The minimum atomic E-state index is -3.83. The highest BCUT2D eigenvalue weighted by molar-refractivity contribution is 7.90. The van der Waals surface area contributed by atoms with Crippen LogP contribution in [-0.4, -0.2) is 49.6 Å². The Balaban J connectivity index is 1.52. The van der Waals surface area contributed by atoms with Crippen molar-refractivity contribution >= 4 is 62.1 Å². The van der Waals surface area contributed by atoms with Crippen molar-refractivity contribution in [1.82, 2.24) is 9.88 Å². The van der Waals surface area contributed by atoms with Gasteiger partial charge in [0.25, 0.3) is 5.91 Å². The van der Waals surface area contributed by atoms with Crippen molar-refractivity contribution in [2.24, 2.45) is 0 Å². The third-order valence-electron chi connectivity index (χ3n) is 7.94. The summed E-state index contributed by atoms with van der Waals surface area (Å²) in [7, 11) is -3.83. The fourth-order valence-corrected chi connectivity index (χ4v) is 7.81. The number of hydrogen-bond donors (Lipinski definition) is 2. The maximum atomic E-state index is 13.4. The molecule has 2 heterocycles. The van der Waals surface area contributed by atoms with E-state index < -0.39 is 9.84 Å². The molecule has 7 nitrogen and oxygen atoms in total. The van der Waals surface area contributed by atoms with Crippen LogP contribution >= 0.6 is 23.2 Å². The maximum absolute atomic E-state index is 13.4. The number of anilines is 1. The van der Waals surface area contributed by atoms with Crippen LogP contribution in [0.4, 0.5) is 5.69 Å². The van der Waals surface area contributed by atoms with E-state index in [1.165, 1.54) is 12.1 Å². The Bertz CT molecular complexity index is 1640. The number of nitrogens with zero attached hydrogens (tertiary/aromatic N) is 1. The summed E-state index contributed by atoms with van der Waals surface area (Å²) in [5.41, 5.74) is 5.05. The molecule has 1 aliphatic carbocycles. The third kappa shape index (κ3) is 6.02. The molecule has 2 N–H and O–H groups in total. The molecule has 0 radical (unpaired) electrons. The lowest BCUT2D eigenvalue weighted by atomic mass is 9.91. The number of aryl methyl sites for hydroxylation is 1. The number of Topliss-reactive ketones (excluding diaryl/α,β-unsaturated/α-hetero) is 1. The van der Waals surface area contributed by atoms with Gasteiger partial charge in [0.1, 0.15) is 0 Å². The molecule has 0 spiro atoms. The van der Waals surface area contributed by atoms with Crippen molar-refractivity contribution in [1.29, 1.82) is 0 Å². The van der Waals surface area contributed by atoms with Gasteiger partial charge in [0.2, 0.25) is 0 Å². The Morgan fingerprint density at radius 2 is 1.73 bits per heavy atom. The molecule has 0 fully saturated rings. The number of carbonyl (C=O) groups excluding carboxylic acids is 2. The second kappa shape index (κ2) is 12.1. The number of fused-ring (bicyclic) bond motifs is 2. The number of sulfone groups is 1. The van der Waals surface area contributed by atoms with E-state index in [0.717, 1.165) is 61.4 Å². The van der Waals surface area contributed by atoms with E-state index in [2.05, 4.69) is 29.0 Å². The molecular formula is C31H33Cl2N3O4S. The van der Waals surface area contributed by atoms with Crippen molar-refractivity contribution in [2.45, 2.75) is 56.6 Å². The standard InChI is InChI=1S/C31H33Cl2N3O4S/c1-3-36(4-2)15-7-8-20-28(34-27-11-6-12-29(37)30(20)27)17-22-21-16-19(13-14-26(21)35-31(22)38)41(39,40)18-23-24(32)9-5-10-25(23)33/h5,9-10,13-14,16-17,34H,3-4,6-8,11-12,15,18H2,1-2H3,(H,35,38). The van der Waals surface area contributed by atoms with E-state index in [4.69, 9.17) is 23.2 Å². The van der Waals surface area contributed by atoms with Gasteiger partial charge in [-0.3, -0.25) is 9.59 Å². The number of aromatic nitrogens is 1. The fraction of sp³-hybridized carbons (Fsp3) is 0.355. The van der Waals surface area contributed by atoms with Crippen molar-refractivity contribution < 1.29 is 18.0 Å². The third-order valence-corrected chi connectivity index (χ3v) is 10.3. The molecule has 0 unspecified atom stereocenters. The predicted molar refractivity (Wildman–Crippen MR) is 164 cm³/mol. The number of H-pyrrole nitrogens is 1. The highest BCUT2D eigenvalue weighted by Crippen LogP contribution is 2.38. The fourth-order valence-electron chi connectivity index (χ4n) is 5.69. The smallest absolute Gasteiger partial charge is 0.256 e. The van der Waals surface area contributed by atoms with Crippen molar-refractivity contribution in [3.05, 3.63) is 80.1 Å². The molecule has 0 atom stereocenters. The van der Waals surface area contributed by atoms with Gasteiger partial charge >= 0.3 is 0 Å². The zero-order valence-corrected chi connectivity index (χ0v) is 25.5. The molecule has 10 heteroatoms. The highest BCUT2D eigenvalue weighted by atomic mass is 35.5. The Morgan fingerprint density at radius 3 is 2.44 bits per heavy atom. The van der Waals surface area contributed by atoms with Crippen LogP contribution in [0.1, 0.15) is 71.5 Å². The van der Waals surface area contributed by atoms with Gasteiger partial charge in [-0.1, -0.05) is 43.1 Å². The number of halogens is 2. The number of benzene rings is 2. The first-order valence-corrected chi connectivity index (χ1v) is 16.4. The zero-order chi connectivity index (χ0) is 29.3. The van der Waals surface area contributed by atoms with E-state index in [-0.39, 0.29) is 32.4 Å². The highest BCUT2D eigenvalue weighted by Gasteiger charge is 2.30. The van der Waals surface area contributed by atoms with Crippen LogP contribution in [0, 0.1) is 0 Å². The minimum Gasteiger partial charge on any atom is -0.358 e. The van der Waals surface area contributed by atoms with Crippen LogP contribution in [0.3, 0.4) is 0 Å². The normalized spacial score (nSPS) is 15.9. The molecule has 0 saturated heterocycles. The summed E-state index contributed by atoms with van der Waals surface area (Å²) in [5.74, 6) is -0.558. The van der Waals surface area contributed by atoms with E-state index >= 15 is 0 Å². The number of aromatic amines is 1. The Morgan fingerprint density at radius 1 is 1.00 bits per heavy atom. The molecule has 2 aliphatic rings.